The van der Waals surface area contributed by atoms with Crippen LogP contribution in [-0.4, -0.2) is 8.07 Å². The van der Waals surface area contributed by atoms with E-state index in [1.165, 1.54) is 27.1 Å². The van der Waals surface area contributed by atoms with Crippen molar-refractivity contribution in [3.8, 4) is 22.3 Å². The van der Waals surface area contributed by atoms with Crippen molar-refractivity contribution < 1.29 is 0 Å². The summed E-state index contributed by atoms with van der Waals surface area (Å²) in [6, 6.07) is 21.7. The molecule has 0 N–H and O–H groups in total. The van der Waals surface area contributed by atoms with Crippen LogP contribution in [0.4, 0.5) is 0 Å². The standard InChI is InChI=1S/C20H16BrClSi/c1-23(2)19-6-4-3-5-15(19)16-9-7-13(11-20(16)23)17-12-14(22)8-10-18(17)21/h3-12H,1-2H3. The first kappa shape index (κ1) is 15.2. The van der Waals surface area contributed by atoms with Gasteiger partial charge in [0.1, 0.15) is 8.07 Å². The Morgan fingerprint density at radius 3 is 2.35 bits per heavy atom. The molecule has 0 unspecified atom stereocenters. The average molecular weight is 400 g/mol. The van der Waals surface area contributed by atoms with E-state index < -0.39 is 8.07 Å². The van der Waals surface area contributed by atoms with Crippen molar-refractivity contribution in [3.63, 3.8) is 0 Å². The van der Waals surface area contributed by atoms with Crippen LogP contribution in [-0.2, 0) is 0 Å². The quantitative estimate of drug-likeness (QED) is 0.469. The van der Waals surface area contributed by atoms with Crippen LogP contribution in [0, 0.1) is 0 Å². The fourth-order valence-corrected chi connectivity index (χ4v) is 7.34. The fourth-order valence-electron chi connectivity index (χ4n) is 3.59. The first-order valence-corrected chi connectivity index (χ1v) is 11.9. The molecule has 0 spiro atoms. The van der Waals surface area contributed by atoms with Gasteiger partial charge >= 0.3 is 0 Å². The average Bonchev–Trinajstić information content (AvgIpc) is 2.78. The van der Waals surface area contributed by atoms with Gasteiger partial charge < -0.3 is 0 Å². The summed E-state index contributed by atoms with van der Waals surface area (Å²) >= 11 is 9.86. The van der Waals surface area contributed by atoms with E-state index in [0.717, 1.165) is 15.1 Å². The van der Waals surface area contributed by atoms with Crippen LogP contribution in [0.15, 0.2) is 65.1 Å². The molecule has 1 heterocycles. The van der Waals surface area contributed by atoms with Crippen molar-refractivity contribution in [2.45, 2.75) is 13.1 Å². The molecule has 0 aromatic heterocycles. The van der Waals surface area contributed by atoms with E-state index in [1.54, 1.807) is 0 Å². The molecule has 0 bridgehead atoms. The SMILES string of the molecule is C[Si]1(C)c2ccccc2-c2ccc(-c3cc(Cl)ccc3Br)cc21. The number of benzene rings is 3. The van der Waals surface area contributed by atoms with Crippen molar-refractivity contribution in [1.82, 2.24) is 0 Å². The van der Waals surface area contributed by atoms with Gasteiger partial charge in [0.05, 0.1) is 0 Å². The second-order valence-electron chi connectivity index (χ2n) is 6.56. The van der Waals surface area contributed by atoms with Crippen molar-refractivity contribution in [1.29, 1.82) is 0 Å². The van der Waals surface area contributed by atoms with Gasteiger partial charge in [-0.25, -0.2) is 0 Å². The van der Waals surface area contributed by atoms with Crippen LogP contribution in [0.1, 0.15) is 0 Å². The second kappa shape index (κ2) is 5.34. The summed E-state index contributed by atoms with van der Waals surface area (Å²) < 4.78 is 1.08. The summed E-state index contributed by atoms with van der Waals surface area (Å²) in [4.78, 5) is 0. The maximum absolute atomic E-state index is 6.20. The molecule has 0 aliphatic carbocycles. The lowest BCUT2D eigenvalue weighted by molar-refractivity contribution is 1.59. The highest BCUT2D eigenvalue weighted by atomic mass is 79.9. The van der Waals surface area contributed by atoms with Crippen LogP contribution in [0.3, 0.4) is 0 Å². The Morgan fingerprint density at radius 2 is 1.52 bits per heavy atom. The molecule has 1 aliphatic heterocycles. The van der Waals surface area contributed by atoms with E-state index in [-0.39, 0.29) is 0 Å². The van der Waals surface area contributed by atoms with Crippen LogP contribution < -0.4 is 10.4 Å². The van der Waals surface area contributed by atoms with Gasteiger partial charge in [0.25, 0.3) is 0 Å². The summed E-state index contributed by atoms with van der Waals surface area (Å²) in [7, 11) is -1.62. The third-order valence-corrected chi connectivity index (χ3v) is 9.29. The van der Waals surface area contributed by atoms with Gasteiger partial charge in [0.2, 0.25) is 0 Å². The Bertz CT molecular complexity index is 931. The third-order valence-electron chi connectivity index (χ3n) is 4.82. The molecule has 3 aromatic carbocycles. The number of halogens is 2. The zero-order chi connectivity index (χ0) is 16.2. The maximum Gasteiger partial charge on any atom is 0.113 e. The molecule has 0 radical (unpaired) electrons. The molecular formula is C20H16BrClSi. The summed E-state index contributed by atoms with van der Waals surface area (Å²) in [6.07, 6.45) is 0. The molecule has 3 heteroatoms. The lowest BCUT2D eigenvalue weighted by Crippen LogP contribution is -2.49. The lowest BCUT2D eigenvalue weighted by atomic mass is 10.0. The number of hydrogen-bond acceptors (Lipinski definition) is 0. The molecule has 3 aromatic rings. The van der Waals surface area contributed by atoms with Gasteiger partial charge in [-0.2, -0.15) is 0 Å². The first-order chi connectivity index (χ1) is 11.0. The molecule has 23 heavy (non-hydrogen) atoms. The van der Waals surface area contributed by atoms with E-state index in [0.29, 0.717) is 0 Å². The summed E-state index contributed by atoms with van der Waals surface area (Å²) in [5.74, 6) is 0. The van der Waals surface area contributed by atoms with E-state index in [4.69, 9.17) is 11.6 Å². The molecule has 0 fully saturated rings. The normalized spacial score (nSPS) is 14.4. The Labute approximate surface area is 151 Å². The Kier molecular flexibility index (Phi) is 3.52. The maximum atomic E-state index is 6.20. The Morgan fingerprint density at radius 1 is 0.783 bits per heavy atom. The predicted octanol–water partition coefficient (Wildman–Crippen LogP) is 5.57. The van der Waals surface area contributed by atoms with E-state index in [9.17, 15) is 0 Å². The highest BCUT2D eigenvalue weighted by molar-refractivity contribution is 9.10. The van der Waals surface area contributed by atoms with Crippen LogP contribution in [0.2, 0.25) is 18.1 Å². The topological polar surface area (TPSA) is 0 Å². The van der Waals surface area contributed by atoms with Gasteiger partial charge in [-0.05, 0) is 50.8 Å². The van der Waals surface area contributed by atoms with Gasteiger partial charge in [-0.3, -0.25) is 0 Å². The van der Waals surface area contributed by atoms with Crippen LogP contribution >= 0.6 is 27.5 Å². The number of hydrogen-bond donors (Lipinski definition) is 0. The Balaban J connectivity index is 1.94. The predicted molar refractivity (Wildman–Crippen MR) is 107 cm³/mol. The zero-order valence-corrected chi connectivity index (χ0v) is 16.4. The molecule has 0 amide bonds. The molecule has 0 nitrogen and oxygen atoms in total. The molecule has 0 atom stereocenters. The third kappa shape index (κ3) is 2.32. The lowest BCUT2D eigenvalue weighted by Gasteiger charge is -2.19. The molecule has 1 aliphatic rings. The van der Waals surface area contributed by atoms with Crippen molar-refractivity contribution >= 4 is 46.0 Å². The molecule has 0 saturated carbocycles. The fraction of sp³-hybridized carbons (Fsp3) is 0.100. The van der Waals surface area contributed by atoms with Crippen molar-refractivity contribution in [3.05, 3.63) is 70.2 Å². The summed E-state index contributed by atoms with van der Waals surface area (Å²) in [6.45, 7) is 4.88. The van der Waals surface area contributed by atoms with E-state index in [2.05, 4.69) is 71.5 Å². The number of rotatable bonds is 1. The smallest absolute Gasteiger partial charge is 0.0843 e. The summed E-state index contributed by atoms with van der Waals surface area (Å²) in [5.41, 5.74) is 5.20. The van der Waals surface area contributed by atoms with Gasteiger partial charge in [0.15, 0.2) is 0 Å². The van der Waals surface area contributed by atoms with Crippen LogP contribution in [0.5, 0.6) is 0 Å². The minimum Gasteiger partial charge on any atom is -0.0843 e. The highest BCUT2D eigenvalue weighted by Crippen LogP contribution is 2.34. The minimum atomic E-state index is -1.62. The minimum absolute atomic E-state index is 0.767. The zero-order valence-electron chi connectivity index (χ0n) is 13.0. The van der Waals surface area contributed by atoms with Gasteiger partial charge in [-0.15, -0.1) is 0 Å². The van der Waals surface area contributed by atoms with E-state index in [1.807, 2.05) is 18.2 Å². The van der Waals surface area contributed by atoms with Crippen molar-refractivity contribution in [2.24, 2.45) is 0 Å². The highest BCUT2D eigenvalue weighted by Gasteiger charge is 2.37. The second-order valence-corrected chi connectivity index (χ2v) is 12.2. The molecule has 4 rings (SSSR count). The monoisotopic (exact) mass is 398 g/mol. The van der Waals surface area contributed by atoms with Gasteiger partial charge in [-0.1, -0.05) is 83.1 Å². The van der Waals surface area contributed by atoms with Gasteiger partial charge in [0, 0.05) is 9.50 Å². The van der Waals surface area contributed by atoms with Crippen LogP contribution in [0.25, 0.3) is 22.3 Å². The van der Waals surface area contributed by atoms with E-state index >= 15 is 0 Å². The molecule has 114 valence electrons. The largest absolute Gasteiger partial charge is 0.113 e. The van der Waals surface area contributed by atoms with Crippen molar-refractivity contribution in [2.75, 3.05) is 0 Å². The number of fused-ring (bicyclic) bond motifs is 3. The first-order valence-electron chi connectivity index (χ1n) is 7.68. The molecule has 0 saturated heterocycles. The molecular weight excluding hydrogens is 384 g/mol. The Hall–Kier alpha value is -1.35. The summed E-state index contributed by atoms with van der Waals surface area (Å²) in [5, 5.41) is 3.82.